The summed E-state index contributed by atoms with van der Waals surface area (Å²) in [4.78, 5) is 29.8. The molecular formula is C19H13ClN4O2S2. The minimum atomic E-state index is -0.431. The first-order chi connectivity index (χ1) is 13.5. The van der Waals surface area contributed by atoms with Gasteiger partial charge in [-0.2, -0.15) is 5.10 Å². The van der Waals surface area contributed by atoms with Crippen LogP contribution in [0, 0.1) is 6.92 Å². The molecule has 140 valence electrons. The molecule has 0 aliphatic carbocycles. The molecular weight excluding hydrogens is 416 g/mol. The second kappa shape index (κ2) is 7.75. The SMILES string of the molecule is Cc1csc(Sc2ccc(NC(=O)c3n[nH]c(=O)c4ccccc34)cc2Cl)n1. The second-order valence-corrected chi connectivity index (χ2v) is 8.46. The number of nitrogens with zero attached hydrogens (tertiary/aromatic N) is 2. The summed E-state index contributed by atoms with van der Waals surface area (Å²) in [6.07, 6.45) is 0. The van der Waals surface area contributed by atoms with E-state index in [4.69, 9.17) is 11.6 Å². The Kier molecular flexibility index (Phi) is 5.17. The molecule has 2 heterocycles. The van der Waals surface area contributed by atoms with E-state index in [0.29, 0.717) is 21.5 Å². The zero-order valence-electron chi connectivity index (χ0n) is 14.5. The standard InChI is InChI=1S/C19H13ClN4O2S2/c1-10-9-27-19(21-10)28-15-7-6-11(8-14(15)20)22-18(26)16-12-4-2-3-5-13(12)17(25)24-23-16/h2-9H,1H3,(H,22,26)(H,24,25). The summed E-state index contributed by atoms with van der Waals surface area (Å²) in [5.41, 5.74) is 1.30. The third kappa shape index (κ3) is 3.80. The summed E-state index contributed by atoms with van der Waals surface area (Å²) in [7, 11) is 0. The van der Waals surface area contributed by atoms with E-state index < -0.39 is 5.91 Å². The van der Waals surface area contributed by atoms with Crippen molar-refractivity contribution in [2.45, 2.75) is 16.2 Å². The molecule has 0 unspecified atom stereocenters. The molecule has 2 aromatic carbocycles. The number of aromatic amines is 1. The van der Waals surface area contributed by atoms with Crippen LogP contribution in [-0.4, -0.2) is 21.1 Å². The molecule has 28 heavy (non-hydrogen) atoms. The van der Waals surface area contributed by atoms with E-state index >= 15 is 0 Å². The first-order valence-electron chi connectivity index (χ1n) is 8.19. The molecule has 2 aromatic heterocycles. The lowest BCUT2D eigenvalue weighted by molar-refractivity contribution is 0.102. The summed E-state index contributed by atoms with van der Waals surface area (Å²) in [6.45, 7) is 1.94. The van der Waals surface area contributed by atoms with Crippen molar-refractivity contribution in [3.05, 3.63) is 74.6 Å². The number of hydrogen-bond donors (Lipinski definition) is 2. The topological polar surface area (TPSA) is 87.7 Å². The van der Waals surface area contributed by atoms with Gasteiger partial charge in [0.1, 0.15) is 0 Å². The molecule has 0 fully saturated rings. The van der Waals surface area contributed by atoms with Gasteiger partial charge in [-0.3, -0.25) is 9.59 Å². The largest absolute Gasteiger partial charge is 0.321 e. The maximum absolute atomic E-state index is 12.7. The third-order valence-corrected chi connectivity index (χ3v) is 6.45. The lowest BCUT2D eigenvalue weighted by Crippen LogP contribution is -2.19. The van der Waals surface area contributed by atoms with Crippen molar-refractivity contribution < 1.29 is 4.79 Å². The maximum Gasteiger partial charge on any atom is 0.276 e. The van der Waals surface area contributed by atoms with Gasteiger partial charge in [0.2, 0.25) is 0 Å². The average molecular weight is 429 g/mol. The van der Waals surface area contributed by atoms with E-state index in [9.17, 15) is 9.59 Å². The van der Waals surface area contributed by atoms with Crippen LogP contribution in [0.5, 0.6) is 0 Å². The van der Waals surface area contributed by atoms with Gasteiger partial charge in [-0.15, -0.1) is 11.3 Å². The molecule has 0 aliphatic rings. The number of benzene rings is 2. The molecule has 0 saturated carbocycles. The van der Waals surface area contributed by atoms with Crippen molar-refractivity contribution in [2.75, 3.05) is 5.32 Å². The second-order valence-electron chi connectivity index (χ2n) is 5.90. The molecule has 0 aliphatic heterocycles. The number of carbonyl (C=O) groups is 1. The van der Waals surface area contributed by atoms with Gasteiger partial charge in [0.05, 0.1) is 10.4 Å². The van der Waals surface area contributed by atoms with Crippen molar-refractivity contribution in [3.8, 4) is 0 Å². The summed E-state index contributed by atoms with van der Waals surface area (Å²) < 4.78 is 0.903. The monoisotopic (exact) mass is 428 g/mol. The van der Waals surface area contributed by atoms with Crippen LogP contribution >= 0.6 is 34.7 Å². The fraction of sp³-hybridized carbons (Fsp3) is 0.0526. The van der Waals surface area contributed by atoms with Crippen LogP contribution in [0.1, 0.15) is 16.2 Å². The average Bonchev–Trinajstić information content (AvgIpc) is 3.09. The van der Waals surface area contributed by atoms with Gasteiger partial charge < -0.3 is 5.32 Å². The molecule has 9 heteroatoms. The Bertz CT molecular complexity index is 1250. The van der Waals surface area contributed by atoms with E-state index in [2.05, 4.69) is 20.5 Å². The molecule has 4 rings (SSSR count). The fourth-order valence-electron chi connectivity index (χ4n) is 2.61. The molecule has 2 N–H and O–H groups in total. The highest BCUT2D eigenvalue weighted by molar-refractivity contribution is 8.01. The first-order valence-corrected chi connectivity index (χ1v) is 10.3. The highest BCUT2D eigenvalue weighted by Gasteiger charge is 2.15. The predicted octanol–water partition coefficient (Wildman–Crippen LogP) is 4.74. The van der Waals surface area contributed by atoms with Gasteiger partial charge in [0.25, 0.3) is 11.5 Å². The first kappa shape index (κ1) is 18.7. The van der Waals surface area contributed by atoms with Gasteiger partial charge >= 0.3 is 0 Å². The van der Waals surface area contributed by atoms with Crippen molar-refractivity contribution >= 4 is 57.1 Å². The molecule has 6 nitrogen and oxygen atoms in total. The summed E-state index contributed by atoms with van der Waals surface area (Å²) in [5.74, 6) is -0.431. The van der Waals surface area contributed by atoms with Gasteiger partial charge in [0, 0.05) is 27.0 Å². The Hall–Kier alpha value is -2.68. The van der Waals surface area contributed by atoms with Gasteiger partial charge in [-0.25, -0.2) is 10.1 Å². The minimum absolute atomic E-state index is 0.142. The number of fused-ring (bicyclic) bond motifs is 1. The molecule has 0 atom stereocenters. The Morgan fingerprint density at radius 1 is 1.21 bits per heavy atom. The van der Waals surface area contributed by atoms with Gasteiger partial charge in [-0.05, 0) is 31.2 Å². The summed E-state index contributed by atoms with van der Waals surface area (Å²) in [5, 5.41) is 12.4. The predicted molar refractivity (Wildman–Crippen MR) is 113 cm³/mol. The molecule has 0 radical (unpaired) electrons. The number of hydrogen-bond acceptors (Lipinski definition) is 6. The van der Waals surface area contributed by atoms with Crippen LogP contribution in [-0.2, 0) is 0 Å². The van der Waals surface area contributed by atoms with Crippen LogP contribution in [0.3, 0.4) is 0 Å². The van der Waals surface area contributed by atoms with Crippen molar-refractivity contribution in [1.29, 1.82) is 0 Å². The summed E-state index contributed by atoms with van der Waals surface area (Å²) in [6, 6.07) is 12.1. The Morgan fingerprint density at radius 2 is 2.00 bits per heavy atom. The number of rotatable bonds is 4. The van der Waals surface area contributed by atoms with Crippen molar-refractivity contribution in [1.82, 2.24) is 15.2 Å². The van der Waals surface area contributed by atoms with E-state index in [1.54, 1.807) is 47.7 Å². The number of carbonyl (C=O) groups excluding carboxylic acids is 1. The zero-order valence-corrected chi connectivity index (χ0v) is 16.9. The molecule has 4 aromatic rings. The number of halogens is 1. The minimum Gasteiger partial charge on any atom is -0.321 e. The van der Waals surface area contributed by atoms with Gasteiger partial charge in [0.15, 0.2) is 10.0 Å². The quantitative estimate of drug-likeness (QED) is 0.490. The highest BCUT2D eigenvalue weighted by atomic mass is 35.5. The normalized spacial score (nSPS) is 10.9. The molecule has 0 saturated heterocycles. The number of aryl methyl sites for hydroxylation is 1. The number of anilines is 1. The van der Waals surface area contributed by atoms with Crippen LogP contribution in [0.15, 0.2) is 61.9 Å². The van der Waals surface area contributed by atoms with Gasteiger partial charge in [-0.1, -0.05) is 41.6 Å². The van der Waals surface area contributed by atoms with Crippen molar-refractivity contribution in [3.63, 3.8) is 0 Å². The van der Waals surface area contributed by atoms with Crippen LogP contribution < -0.4 is 10.9 Å². The number of thiazole rings is 1. The molecule has 0 spiro atoms. The number of amides is 1. The Morgan fingerprint density at radius 3 is 2.71 bits per heavy atom. The Balaban J connectivity index is 1.58. The van der Waals surface area contributed by atoms with Crippen molar-refractivity contribution in [2.24, 2.45) is 0 Å². The zero-order chi connectivity index (χ0) is 19.7. The highest BCUT2D eigenvalue weighted by Crippen LogP contribution is 2.36. The number of aromatic nitrogens is 3. The van der Waals surface area contributed by atoms with E-state index in [0.717, 1.165) is 14.9 Å². The number of nitrogens with one attached hydrogen (secondary N) is 2. The van der Waals surface area contributed by atoms with E-state index in [1.807, 2.05) is 18.4 Å². The lowest BCUT2D eigenvalue weighted by atomic mass is 10.1. The van der Waals surface area contributed by atoms with E-state index in [-0.39, 0.29) is 11.3 Å². The van der Waals surface area contributed by atoms with Crippen LogP contribution in [0.2, 0.25) is 5.02 Å². The molecule has 0 bridgehead atoms. The summed E-state index contributed by atoms with van der Waals surface area (Å²) >= 11 is 9.40. The fourth-order valence-corrected chi connectivity index (χ4v) is 4.71. The maximum atomic E-state index is 12.7. The van der Waals surface area contributed by atoms with E-state index in [1.165, 1.54) is 11.8 Å². The smallest absolute Gasteiger partial charge is 0.276 e. The van der Waals surface area contributed by atoms with Crippen LogP contribution in [0.25, 0.3) is 10.8 Å². The lowest BCUT2D eigenvalue weighted by Gasteiger charge is -2.09. The van der Waals surface area contributed by atoms with Crippen LogP contribution in [0.4, 0.5) is 5.69 Å². The third-order valence-electron chi connectivity index (χ3n) is 3.90. The Labute approximate surface area is 173 Å². The molecule has 1 amide bonds. The number of H-pyrrole nitrogens is 1.